The van der Waals surface area contributed by atoms with Gasteiger partial charge in [0.25, 0.3) is 5.69 Å². The highest BCUT2D eigenvalue weighted by atomic mass is 35.5. The fourth-order valence-electron chi connectivity index (χ4n) is 2.63. The first-order valence-electron chi connectivity index (χ1n) is 8.76. The van der Waals surface area contributed by atoms with E-state index in [0.717, 1.165) is 11.3 Å². The van der Waals surface area contributed by atoms with Gasteiger partial charge in [0.1, 0.15) is 10.6 Å². The molecule has 0 aliphatic heterocycles. The molecule has 2 aromatic carbocycles. The van der Waals surface area contributed by atoms with Crippen LogP contribution in [0.2, 0.25) is 5.02 Å². The molecule has 0 unspecified atom stereocenters. The maximum Gasteiger partial charge on any atom is 0.341 e. The molecule has 1 aromatic heterocycles. The van der Waals surface area contributed by atoms with Crippen LogP contribution in [0.15, 0.2) is 53.9 Å². The summed E-state index contributed by atoms with van der Waals surface area (Å²) in [5, 5.41) is 18.7. The molecule has 0 saturated carbocycles. The van der Waals surface area contributed by atoms with Crippen LogP contribution in [-0.4, -0.2) is 23.5 Å². The fraction of sp³-hybridized carbons (Fsp3) is 0.100. The summed E-state index contributed by atoms with van der Waals surface area (Å²) in [4.78, 5) is 35.3. The summed E-state index contributed by atoms with van der Waals surface area (Å²) >= 11 is 6.99. The Kier molecular flexibility index (Phi) is 6.65. The quantitative estimate of drug-likeness (QED) is 0.283. The van der Waals surface area contributed by atoms with Gasteiger partial charge in [0.2, 0.25) is 0 Å². The van der Waals surface area contributed by atoms with E-state index in [4.69, 9.17) is 16.3 Å². The van der Waals surface area contributed by atoms with Crippen molar-refractivity contribution in [1.82, 2.24) is 0 Å². The van der Waals surface area contributed by atoms with Crippen LogP contribution in [0.3, 0.4) is 0 Å². The molecular weight excluding hydrogens is 430 g/mol. The number of nitro groups is 1. The van der Waals surface area contributed by atoms with Gasteiger partial charge in [-0.1, -0.05) is 11.6 Å². The third-order valence-corrected chi connectivity index (χ3v) is 5.14. The second kappa shape index (κ2) is 9.38. The maximum atomic E-state index is 12.6. The summed E-state index contributed by atoms with van der Waals surface area (Å²) in [6.45, 7) is 1.83. The molecule has 2 amide bonds. The highest BCUT2D eigenvalue weighted by Crippen LogP contribution is 2.37. The Labute approximate surface area is 180 Å². The van der Waals surface area contributed by atoms with Crippen molar-refractivity contribution in [2.45, 2.75) is 6.92 Å². The number of nitrogens with zero attached hydrogens (tertiary/aromatic N) is 1. The molecule has 0 spiro atoms. The molecule has 154 valence electrons. The van der Waals surface area contributed by atoms with E-state index in [1.807, 2.05) is 0 Å². The minimum Gasteiger partial charge on any atom is -0.462 e. The number of carbonyl (C=O) groups is 2. The number of benzene rings is 2. The summed E-state index contributed by atoms with van der Waals surface area (Å²) in [5.41, 5.74) is 1.75. The molecule has 2 N–H and O–H groups in total. The van der Waals surface area contributed by atoms with Crippen molar-refractivity contribution < 1.29 is 19.2 Å². The van der Waals surface area contributed by atoms with Crippen molar-refractivity contribution >= 4 is 51.3 Å². The lowest BCUT2D eigenvalue weighted by Gasteiger charge is -2.10. The number of esters is 1. The van der Waals surface area contributed by atoms with Crippen LogP contribution in [-0.2, 0) is 4.74 Å². The Balaban J connectivity index is 1.88. The van der Waals surface area contributed by atoms with Crippen LogP contribution in [0, 0.1) is 10.1 Å². The van der Waals surface area contributed by atoms with E-state index in [-0.39, 0.29) is 17.9 Å². The summed E-state index contributed by atoms with van der Waals surface area (Å²) in [7, 11) is 0. The molecule has 0 atom stereocenters. The molecule has 0 radical (unpaired) electrons. The second-order valence-corrected chi connectivity index (χ2v) is 7.28. The molecule has 0 aliphatic rings. The molecule has 0 saturated heterocycles. The molecule has 8 nitrogen and oxygen atoms in total. The van der Waals surface area contributed by atoms with Gasteiger partial charge < -0.3 is 10.1 Å². The first-order chi connectivity index (χ1) is 14.4. The first kappa shape index (κ1) is 21.3. The van der Waals surface area contributed by atoms with Gasteiger partial charge in [-0.15, -0.1) is 11.3 Å². The van der Waals surface area contributed by atoms with Crippen LogP contribution >= 0.6 is 22.9 Å². The number of hydrogen-bond acceptors (Lipinski definition) is 6. The van der Waals surface area contributed by atoms with E-state index in [2.05, 4.69) is 10.6 Å². The molecule has 3 rings (SSSR count). The van der Waals surface area contributed by atoms with E-state index in [0.29, 0.717) is 26.8 Å². The second-order valence-electron chi connectivity index (χ2n) is 5.96. The zero-order valence-corrected chi connectivity index (χ0v) is 17.3. The Morgan fingerprint density at radius 3 is 2.37 bits per heavy atom. The lowest BCUT2D eigenvalue weighted by atomic mass is 10.0. The van der Waals surface area contributed by atoms with Crippen LogP contribution in [0.5, 0.6) is 0 Å². The predicted octanol–water partition coefficient (Wildman–Crippen LogP) is 5.80. The van der Waals surface area contributed by atoms with Crippen molar-refractivity contribution in [3.63, 3.8) is 0 Å². The number of anilines is 2. The van der Waals surface area contributed by atoms with Gasteiger partial charge in [-0.05, 0) is 48.9 Å². The molecule has 0 bridgehead atoms. The van der Waals surface area contributed by atoms with Crippen molar-refractivity contribution in [1.29, 1.82) is 0 Å². The molecule has 30 heavy (non-hydrogen) atoms. The Hall–Kier alpha value is -3.43. The number of halogens is 1. The number of rotatable bonds is 6. The van der Waals surface area contributed by atoms with Crippen molar-refractivity contribution in [3.8, 4) is 11.1 Å². The average Bonchev–Trinajstić information content (AvgIpc) is 3.13. The van der Waals surface area contributed by atoms with Gasteiger partial charge in [0.05, 0.1) is 11.5 Å². The summed E-state index contributed by atoms with van der Waals surface area (Å²) in [5.74, 6) is -0.603. The number of amides is 2. The van der Waals surface area contributed by atoms with Gasteiger partial charge in [0.15, 0.2) is 0 Å². The molecule has 1 heterocycles. The third kappa shape index (κ3) is 4.94. The molecule has 0 fully saturated rings. The van der Waals surface area contributed by atoms with Gasteiger partial charge >= 0.3 is 12.0 Å². The third-order valence-electron chi connectivity index (χ3n) is 3.99. The monoisotopic (exact) mass is 445 g/mol. The van der Waals surface area contributed by atoms with E-state index < -0.39 is 16.9 Å². The Bertz CT molecular complexity index is 1080. The Morgan fingerprint density at radius 1 is 1.10 bits per heavy atom. The first-order valence-corrected chi connectivity index (χ1v) is 10.0. The number of non-ortho nitro benzene ring substituents is 1. The van der Waals surface area contributed by atoms with Gasteiger partial charge in [0, 0.05) is 33.8 Å². The normalized spacial score (nSPS) is 10.3. The van der Waals surface area contributed by atoms with Crippen LogP contribution in [0.25, 0.3) is 11.1 Å². The number of carbonyl (C=O) groups excluding carboxylic acids is 2. The van der Waals surface area contributed by atoms with Crippen LogP contribution in [0.1, 0.15) is 17.3 Å². The fourth-order valence-corrected chi connectivity index (χ4v) is 3.71. The predicted molar refractivity (Wildman–Crippen MR) is 116 cm³/mol. The number of nitrogens with one attached hydrogen (secondary N) is 2. The molecule has 0 aliphatic carbocycles. The average molecular weight is 446 g/mol. The van der Waals surface area contributed by atoms with Gasteiger partial charge in [-0.3, -0.25) is 15.4 Å². The molecule has 10 heteroatoms. The summed E-state index contributed by atoms with van der Waals surface area (Å²) < 4.78 is 5.14. The van der Waals surface area contributed by atoms with E-state index in [1.54, 1.807) is 48.7 Å². The standard InChI is InChI=1S/C20H16ClN3O5S/c1-2-29-19(25)17-16(12-3-9-15(10-4-12)24(27)28)11-30-18(17)23-20(26)22-14-7-5-13(21)6-8-14/h3-11H,2H2,1H3,(H2,22,23,26). The lowest BCUT2D eigenvalue weighted by Crippen LogP contribution is -2.20. The molecular formula is C20H16ClN3O5S. The largest absolute Gasteiger partial charge is 0.462 e. The number of nitro benzene ring substituents is 1. The van der Waals surface area contributed by atoms with E-state index in [1.165, 1.54) is 12.1 Å². The molecule has 3 aromatic rings. The highest BCUT2D eigenvalue weighted by molar-refractivity contribution is 7.15. The minimum atomic E-state index is -0.603. The number of hydrogen-bond donors (Lipinski definition) is 2. The van der Waals surface area contributed by atoms with Crippen LogP contribution < -0.4 is 10.6 Å². The maximum absolute atomic E-state index is 12.6. The Morgan fingerprint density at radius 2 is 1.77 bits per heavy atom. The number of thiophene rings is 1. The summed E-state index contributed by atoms with van der Waals surface area (Å²) in [6.07, 6.45) is 0. The van der Waals surface area contributed by atoms with Gasteiger partial charge in [-0.25, -0.2) is 9.59 Å². The zero-order valence-electron chi connectivity index (χ0n) is 15.7. The topological polar surface area (TPSA) is 111 Å². The number of ether oxygens (including phenoxy) is 1. The van der Waals surface area contributed by atoms with E-state index in [9.17, 15) is 19.7 Å². The lowest BCUT2D eigenvalue weighted by molar-refractivity contribution is -0.384. The van der Waals surface area contributed by atoms with Crippen molar-refractivity contribution in [2.75, 3.05) is 17.2 Å². The minimum absolute atomic E-state index is 0.0626. The van der Waals surface area contributed by atoms with Crippen molar-refractivity contribution in [3.05, 3.63) is 74.6 Å². The van der Waals surface area contributed by atoms with Crippen LogP contribution in [0.4, 0.5) is 21.2 Å². The van der Waals surface area contributed by atoms with Crippen molar-refractivity contribution in [2.24, 2.45) is 0 Å². The summed E-state index contributed by atoms with van der Waals surface area (Å²) in [6, 6.07) is 11.8. The SMILES string of the molecule is CCOC(=O)c1c(-c2ccc([N+](=O)[O-])cc2)csc1NC(=O)Nc1ccc(Cl)cc1. The smallest absolute Gasteiger partial charge is 0.341 e. The van der Waals surface area contributed by atoms with Gasteiger partial charge in [-0.2, -0.15) is 0 Å². The number of urea groups is 1. The highest BCUT2D eigenvalue weighted by Gasteiger charge is 2.23. The zero-order chi connectivity index (χ0) is 21.7. The van der Waals surface area contributed by atoms with E-state index >= 15 is 0 Å².